The third-order valence-electron chi connectivity index (χ3n) is 2.75. The molecule has 1 heterocycles. The van der Waals surface area contributed by atoms with E-state index in [0.717, 1.165) is 6.54 Å². The van der Waals surface area contributed by atoms with Crippen molar-refractivity contribution < 1.29 is 14.3 Å². The lowest BCUT2D eigenvalue weighted by atomic mass is 10.3. The van der Waals surface area contributed by atoms with Gasteiger partial charge in [-0.15, -0.1) is 0 Å². The number of hydrogen-bond acceptors (Lipinski definition) is 4. The highest BCUT2D eigenvalue weighted by molar-refractivity contribution is 6.03. The third kappa shape index (κ3) is 3.98. The SMILES string of the molecule is CCOCCN(C)CCN1C(=O)N[C@@H](C)C1=O. The summed E-state index contributed by atoms with van der Waals surface area (Å²) in [4.78, 5) is 26.3. The molecule has 1 aliphatic heterocycles. The monoisotopic (exact) mass is 243 g/mol. The number of hydrogen-bond donors (Lipinski definition) is 1. The van der Waals surface area contributed by atoms with Crippen LogP contribution in [-0.2, 0) is 9.53 Å². The molecule has 17 heavy (non-hydrogen) atoms. The summed E-state index contributed by atoms with van der Waals surface area (Å²) in [6, 6.07) is -0.683. The summed E-state index contributed by atoms with van der Waals surface area (Å²) in [6.45, 7) is 6.92. The first-order valence-electron chi connectivity index (χ1n) is 5.94. The van der Waals surface area contributed by atoms with E-state index in [9.17, 15) is 9.59 Å². The van der Waals surface area contributed by atoms with Crippen LogP contribution in [0.15, 0.2) is 0 Å². The number of ether oxygens (including phenoxy) is 1. The number of urea groups is 1. The van der Waals surface area contributed by atoms with Gasteiger partial charge in [-0.3, -0.25) is 9.69 Å². The Balaban J connectivity index is 2.25. The summed E-state index contributed by atoms with van der Waals surface area (Å²) in [7, 11) is 1.95. The Morgan fingerprint density at radius 3 is 2.65 bits per heavy atom. The van der Waals surface area contributed by atoms with Crippen LogP contribution in [0.2, 0.25) is 0 Å². The van der Waals surface area contributed by atoms with E-state index in [1.54, 1.807) is 6.92 Å². The maximum atomic E-state index is 11.6. The van der Waals surface area contributed by atoms with Crippen molar-refractivity contribution in [2.75, 3.05) is 39.9 Å². The average molecular weight is 243 g/mol. The standard InChI is InChI=1S/C11H21N3O3/c1-4-17-8-7-13(3)5-6-14-10(15)9(2)12-11(14)16/h9H,4-8H2,1-3H3,(H,12,16)/t9-/m0/s1. The molecule has 1 rings (SSSR count). The molecular formula is C11H21N3O3. The van der Waals surface area contributed by atoms with E-state index < -0.39 is 6.04 Å². The van der Waals surface area contributed by atoms with Crippen molar-refractivity contribution in [3.63, 3.8) is 0 Å². The molecule has 1 atom stereocenters. The Labute approximate surface area is 102 Å². The number of imide groups is 1. The molecule has 0 unspecified atom stereocenters. The van der Waals surface area contributed by atoms with Crippen molar-refractivity contribution in [1.82, 2.24) is 15.1 Å². The van der Waals surface area contributed by atoms with E-state index in [-0.39, 0.29) is 11.9 Å². The Morgan fingerprint density at radius 2 is 2.12 bits per heavy atom. The molecule has 1 saturated heterocycles. The summed E-state index contributed by atoms with van der Waals surface area (Å²) in [5.74, 6) is -0.145. The molecule has 0 aromatic carbocycles. The van der Waals surface area contributed by atoms with Gasteiger partial charge in [0.05, 0.1) is 6.61 Å². The maximum Gasteiger partial charge on any atom is 0.324 e. The minimum absolute atomic E-state index is 0.145. The second-order valence-electron chi connectivity index (χ2n) is 4.16. The van der Waals surface area contributed by atoms with Gasteiger partial charge >= 0.3 is 6.03 Å². The molecule has 0 aliphatic carbocycles. The van der Waals surface area contributed by atoms with Crippen molar-refractivity contribution in [1.29, 1.82) is 0 Å². The number of likely N-dealkylation sites (N-methyl/N-ethyl adjacent to an activating group) is 1. The van der Waals surface area contributed by atoms with Crippen LogP contribution in [0.5, 0.6) is 0 Å². The second kappa shape index (κ2) is 6.56. The molecule has 6 nitrogen and oxygen atoms in total. The fourth-order valence-corrected chi connectivity index (χ4v) is 1.62. The predicted molar refractivity (Wildman–Crippen MR) is 63.7 cm³/mol. The highest BCUT2D eigenvalue weighted by atomic mass is 16.5. The van der Waals surface area contributed by atoms with Crippen LogP contribution in [0.4, 0.5) is 4.79 Å². The molecule has 0 spiro atoms. The Bertz CT molecular complexity index is 283. The van der Waals surface area contributed by atoms with Gasteiger partial charge < -0.3 is 15.0 Å². The maximum absolute atomic E-state index is 11.6. The van der Waals surface area contributed by atoms with Gasteiger partial charge in [-0.25, -0.2) is 4.79 Å². The van der Waals surface area contributed by atoms with E-state index >= 15 is 0 Å². The molecule has 0 radical (unpaired) electrons. The number of carbonyl (C=O) groups excluding carboxylic acids is 2. The van der Waals surface area contributed by atoms with Crippen LogP contribution in [0.3, 0.4) is 0 Å². The van der Waals surface area contributed by atoms with Gasteiger partial charge in [0.25, 0.3) is 5.91 Å². The molecule has 3 amide bonds. The molecule has 1 fully saturated rings. The fourth-order valence-electron chi connectivity index (χ4n) is 1.62. The number of nitrogens with zero attached hydrogens (tertiary/aromatic N) is 2. The van der Waals surface area contributed by atoms with Crippen LogP contribution < -0.4 is 5.32 Å². The topological polar surface area (TPSA) is 61.9 Å². The van der Waals surface area contributed by atoms with E-state index in [0.29, 0.717) is 26.3 Å². The molecule has 1 aliphatic rings. The predicted octanol–water partition coefficient (Wildman–Crippen LogP) is -0.105. The van der Waals surface area contributed by atoms with E-state index in [2.05, 4.69) is 5.32 Å². The lowest BCUT2D eigenvalue weighted by molar-refractivity contribution is -0.127. The van der Waals surface area contributed by atoms with E-state index in [4.69, 9.17) is 4.74 Å². The van der Waals surface area contributed by atoms with Crippen LogP contribution in [0, 0.1) is 0 Å². The summed E-state index contributed by atoms with van der Waals surface area (Å²) < 4.78 is 5.23. The largest absolute Gasteiger partial charge is 0.380 e. The lowest BCUT2D eigenvalue weighted by Gasteiger charge is -2.19. The zero-order chi connectivity index (χ0) is 12.8. The second-order valence-corrected chi connectivity index (χ2v) is 4.16. The summed E-state index contributed by atoms with van der Waals surface area (Å²) in [6.07, 6.45) is 0. The van der Waals surface area contributed by atoms with Crippen LogP contribution in [0.25, 0.3) is 0 Å². The molecule has 0 bridgehead atoms. The van der Waals surface area contributed by atoms with Crippen molar-refractivity contribution >= 4 is 11.9 Å². The number of amides is 3. The van der Waals surface area contributed by atoms with Gasteiger partial charge in [0, 0.05) is 26.2 Å². The Kier molecular flexibility index (Phi) is 5.37. The van der Waals surface area contributed by atoms with Crippen molar-refractivity contribution in [3.05, 3.63) is 0 Å². The molecule has 98 valence electrons. The van der Waals surface area contributed by atoms with Gasteiger partial charge in [0.2, 0.25) is 0 Å². The molecule has 0 saturated carbocycles. The van der Waals surface area contributed by atoms with E-state index in [1.165, 1.54) is 4.90 Å². The van der Waals surface area contributed by atoms with Crippen LogP contribution >= 0.6 is 0 Å². The smallest absolute Gasteiger partial charge is 0.324 e. The van der Waals surface area contributed by atoms with Gasteiger partial charge in [0.1, 0.15) is 6.04 Å². The highest BCUT2D eigenvalue weighted by Gasteiger charge is 2.34. The highest BCUT2D eigenvalue weighted by Crippen LogP contribution is 2.05. The average Bonchev–Trinajstić information content (AvgIpc) is 2.51. The van der Waals surface area contributed by atoms with Crippen molar-refractivity contribution in [2.24, 2.45) is 0 Å². The minimum atomic E-state index is -0.392. The summed E-state index contributed by atoms with van der Waals surface area (Å²) in [5, 5.41) is 2.59. The van der Waals surface area contributed by atoms with Crippen LogP contribution in [-0.4, -0.2) is 67.7 Å². The minimum Gasteiger partial charge on any atom is -0.380 e. The quantitative estimate of drug-likeness (QED) is 0.501. The molecule has 0 aromatic rings. The zero-order valence-corrected chi connectivity index (χ0v) is 10.7. The summed E-state index contributed by atoms with van der Waals surface area (Å²) >= 11 is 0. The number of carbonyl (C=O) groups is 2. The van der Waals surface area contributed by atoms with Crippen molar-refractivity contribution in [2.45, 2.75) is 19.9 Å². The van der Waals surface area contributed by atoms with Crippen molar-refractivity contribution in [3.8, 4) is 0 Å². The Morgan fingerprint density at radius 1 is 1.41 bits per heavy atom. The van der Waals surface area contributed by atoms with Crippen LogP contribution in [0.1, 0.15) is 13.8 Å². The van der Waals surface area contributed by atoms with Gasteiger partial charge in [0.15, 0.2) is 0 Å². The molecule has 6 heteroatoms. The normalized spacial score (nSPS) is 20.2. The lowest BCUT2D eigenvalue weighted by Crippen LogP contribution is -2.38. The van der Waals surface area contributed by atoms with Gasteiger partial charge in [-0.1, -0.05) is 0 Å². The first kappa shape index (κ1) is 13.9. The molecule has 0 aromatic heterocycles. The summed E-state index contributed by atoms with van der Waals surface area (Å²) in [5.41, 5.74) is 0. The van der Waals surface area contributed by atoms with Gasteiger partial charge in [-0.2, -0.15) is 0 Å². The zero-order valence-electron chi connectivity index (χ0n) is 10.7. The third-order valence-corrected chi connectivity index (χ3v) is 2.75. The Hall–Kier alpha value is -1.14. The number of rotatable bonds is 7. The molecule has 1 N–H and O–H groups in total. The first-order chi connectivity index (χ1) is 8.06. The van der Waals surface area contributed by atoms with Gasteiger partial charge in [-0.05, 0) is 20.9 Å². The van der Waals surface area contributed by atoms with E-state index in [1.807, 2.05) is 18.9 Å². The fraction of sp³-hybridized carbons (Fsp3) is 0.818. The molecular weight excluding hydrogens is 222 g/mol. The number of nitrogens with one attached hydrogen (secondary N) is 1. The first-order valence-corrected chi connectivity index (χ1v) is 5.94.